The van der Waals surface area contributed by atoms with Gasteiger partial charge in [-0.1, -0.05) is 54.2 Å². The van der Waals surface area contributed by atoms with Gasteiger partial charge in [0.1, 0.15) is 24.4 Å². The third kappa shape index (κ3) is 8.10. The van der Waals surface area contributed by atoms with Gasteiger partial charge in [-0.15, -0.1) is 0 Å². The highest BCUT2D eigenvalue weighted by Gasteiger charge is 2.72. The summed E-state index contributed by atoms with van der Waals surface area (Å²) in [5, 5.41) is 67.6. The van der Waals surface area contributed by atoms with Crippen LogP contribution in [-0.2, 0) is 19.1 Å². The van der Waals surface area contributed by atoms with Crippen molar-refractivity contribution < 1.29 is 54.9 Å². The van der Waals surface area contributed by atoms with Crippen LogP contribution in [0.25, 0.3) is 0 Å². The number of carboxylic acid groups (broad SMARTS) is 2. The monoisotopic (exact) mass is 796 g/mol. The van der Waals surface area contributed by atoms with Gasteiger partial charge in [0.2, 0.25) is 0 Å². The Bertz CT molecular complexity index is 1430. The van der Waals surface area contributed by atoms with E-state index in [0.29, 0.717) is 23.7 Å². The number of likely N-dealkylation sites (N-methyl/N-ethyl adjacent to an activating group) is 1. The molecule has 0 aromatic rings. The first kappa shape index (κ1) is 48.3. The summed E-state index contributed by atoms with van der Waals surface area (Å²) in [6.45, 7) is 21.2. The minimum absolute atomic E-state index is 0. The summed E-state index contributed by atoms with van der Waals surface area (Å²) in [6.07, 6.45) is 3.73. The smallest absolute Gasteiger partial charge is 0.309 e. The van der Waals surface area contributed by atoms with Crippen molar-refractivity contribution >= 4 is 17.9 Å². The van der Waals surface area contributed by atoms with Gasteiger partial charge in [0.25, 0.3) is 0 Å². The lowest BCUT2D eigenvalue weighted by molar-refractivity contribution is -0.250. The fraction of sp³-hybridized carbons (Fsp3) is 0.886. The highest BCUT2D eigenvalue weighted by Crippen LogP contribution is 2.77. The fourth-order valence-corrected chi connectivity index (χ4v) is 13.2. The number of hydrogen-bond donors (Lipinski definition) is 8. The molecule has 56 heavy (non-hydrogen) atoms. The van der Waals surface area contributed by atoms with Gasteiger partial charge in [-0.25, -0.2) is 0 Å². The van der Waals surface area contributed by atoms with Crippen molar-refractivity contribution in [1.29, 1.82) is 0 Å². The van der Waals surface area contributed by atoms with E-state index >= 15 is 0 Å². The molecule has 12 heteroatoms. The second kappa shape index (κ2) is 17.3. The summed E-state index contributed by atoms with van der Waals surface area (Å²) in [6, 6.07) is 0. The molecule has 0 unspecified atom stereocenters. The molecule has 0 aliphatic heterocycles. The Morgan fingerprint density at radius 3 is 1.96 bits per heavy atom. The van der Waals surface area contributed by atoms with E-state index in [9.17, 15) is 29.7 Å². The molecule has 0 spiro atoms. The Labute approximate surface area is 335 Å². The van der Waals surface area contributed by atoms with Crippen LogP contribution in [0.2, 0.25) is 0 Å². The third-order valence-electron chi connectivity index (χ3n) is 16.6. The van der Waals surface area contributed by atoms with Crippen LogP contribution in [0.5, 0.6) is 0 Å². The average molecular weight is 796 g/mol. The molecular weight excluding hydrogens is 718 g/mol. The number of carbonyl (C=O) groups excluding carboxylic acids is 1. The number of fused-ring (bicyclic) bond motifs is 7. The SMILES string of the molecule is C.C=C(C)[C@@H]1CC[C@]2(C(=O)O)CC[C@]3(C)[C@H](CC[C@@H]4[C@@]5(C)CC[C@H](OC(=O)CC(C)(C)C(=O)O)C(C)(C)[C@@H]5CC[C@]43C)[C@@H]12.CNC[C@H](O)[C@@H](O)[C@H](O)[C@H](O)CO. The number of carbonyl (C=O) groups is 3. The van der Waals surface area contributed by atoms with E-state index in [1.165, 1.54) is 0 Å². The number of nitrogens with one attached hydrogen (secondary N) is 1. The number of allylic oxidation sites excluding steroid dienone is 1. The molecular formula is C44H77NO11. The topological polar surface area (TPSA) is 214 Å². The molecule has 5 aliphatic rings. The van der Waals surface area contributed by atoms with Crippen LogP contribution in [0.4, 0.5) is 0 Å². The molecule has 0 aromatic carbocycles. The van der Waals surface area contributed by atoms with Crippen molar-refractivity contribution in [1.82, 2.24) is 5.32 Å². The van der Waals surface area contributed by atoms with Crippen molar-refractivity contribution in [2.75, 3.05) is 20.2 Å². The van der Waals surface area contributed by atoms with Crippen LogP contribution in [0.15, 0.2) is 12.2 Å². The Balaban J connectivity index is 0.000000517. The molecule has 0 aromatic heterocycles. The Hall–Kier alpha value is -2.09. The Morgan fingerprint density at radius 2 is 1.43 bits per heavy atom. The van der Waals surface area contributed by atoms with Gasteiger partial charge >= 0.3 is 17.9 Å². The highest BCUT2D eigenvalue weighted by atomic mass is 16.5. The normalized spacial score (nSPS) is 39.2. The molecule has 5 rings (SSSR count). The maximum atomic E-state index is 12.9. The van der Waals surface area contributed by atoms with Crippen LogP contribution < -0.4 is 5.32 Å². The van der Waals surface area contributed by atoms with Crippen molar-refractivity contribution in [3.05, 3.63) is 12.2 Å². The second-order valence-electron chi connectivity index (χ2n) is 20.2. The quantitative estimate of drug-likeness (QED) is 0.0919. The Morgan fingerprint density at radius 1 is 0.821 bits per heavy atom. The van der Waals surface area contributed by atoms with E-state index in [1.807, 2.05) is 0 Å². The van der Waals surface area contributed by atoms with Crippen molar-refractivity contribution in [3.63, 3.8) is 0 Å². The van der Waals surface area contributed by atoms with Crippen molar-refractivity contribution in [3.8, 4) is 0 Å². The number of aliphatic carboxylic acids is 2. The number of rotatable bonds is 12. The number of ether oxygens (including phenoxy) is 1. The van der Waals surface area contributed by atoms with E-state index in [4.69, 9.17) is 25.2 Å². The summed E-state index contributed by atoms with van der Waals surface area (Å²) < 4.78 is 6.10. The molecule has 5 saturated carbocycles. The van der Waals surface area contributed by atoms with Gasteiger partial charge in [-0.2, -0.15) is 0 Å². The molecule has 0 saturated heterocycles. The predicted octanol–water partition coefficient (Wildman–Crippen LogP) is 5.42. The largest absolute Gasteiger partial charge is 0.481 e. The number of carboxylic acids is 2. The van der Waals surface area contributed by atoms with Crippen LogP contribution in [-0.4, -0.2) is 104 Å². The molecule has 8 N–H and O–H groups in total. The Kier molecular flexibility index (Phi) is 14.9. The first-order chi connectivity index (χ1) is 25.3. The molecule has 0 radical (unpaired) electrons. The van der Waals surface area contributed by atoms with E-state index in [1.54, 1.807) is 20.9 Å². The van der Waals surface area contributed by atoms with Crippen LogP contribution in [0, 0.1) is 62.1 Å². The lowest BCUT2D eigenvalue weighted by atomic mass is 9.32. The molecule has 12 nitrogen and oxygen atoms in total. The summed E-state index contributed by atoms with van der Waals surface area (Å²) in [5.74, 6) is -0.165. The van der Waals surface area contributed by atoms with E-state index in [2.05, 4.69) is 53.4 Å². The summed E-state index contributed by atoms with van der Waals surface area (Å²) in [5.41, 5.74) is -0.477. The van der Waals surface area contributed by atoms with Gasteiger partial charge in [0.05, 0.1) is 30.0 Å². The van der Waals surface area contributed by atoms with Crippen LogP contribution in [0.3, 0.4) is 0 Å². The van der Waals surface area contributed by atoms with E-state index in [-0.39, 0.29) is 54.1 Å². The molecule has 0 bridgehead atoms. The highest BCUT2D eigenvalue weighted by molar-refractivity contribution is 5.81. The molecule has 0 amide bonds. The van der Waals surface area contributed by atoms with Gasteiger partial charge < -0.3 is 45.8 Å². The summed E-state index contributed by atoms with van der Waals surface area (Å²) >= 11 is 0. The summed E-state index contributed by atoms with van der Waals surface area (Å²) in [4.78, 5) is 37.5. The van der Waals surface area contributed by atoms with Crippen LogP contribution >= 0.6 is 0 Å². The van der Waals surface area contributed by atoms with Gasteiger partial charge in [-0.05, 0) is 138 Å². The molecule has 5 aliphatic carbocycles. The average Bonchev–Trinajstić information content (AvgIpc) is 3.50. The number of aliphatic hydroxyl groups is 5. The minimum Gasteiger partial charge on any atom is -0.481 e. The predicted molar refractivity (Wildman–Crippen MR) is 214 cm³/mol. The minimum atomic E-state index is -1.55. The van der Waals surface area contributed by atoms with E-state index < -0.39 is 59.8 Å². The molecule has 14 atom stereocenters. The number of aliphatic hydroxyl groups excluding tert-OH is 5. The van der Waals surface area contributed by atoms with Gasteiger partial charge in [0.15, 0.2) is 0 Å². The number of esters is 1. The molecule has 0 heterocycles. The standard InChI is InChI=1S/C36H56O6.C7H17NO5.CH4/c1-21(2)22-12-17-36(30(40)41)19-18-34(8)23(28(22)36)10-11-25-33(7)15-14-26(42-27(37)20-31(3,4)29(38)39)32(5,6)24(33)13-16-35(25,34)9;1-8-2-4(10)6(12)7(13)5(11)3-9;/h22-26,28H,1,10-20H2,2-9H3,(H,38,39)(H,40,41);4-13H,2-3H2,1H3;1H4/t22-,23+,24-,25+,26-,28+,33-,34+,35+,36-;4-,5+,6+,7+;/m00./s1. The van der Waals surface area contributed by atoms with Crippen LogP contribution in [0.1, 0.15) is 133 Å². The van der Waals surface area contributed by atoms with Crippen molar-refractivity contribution in [2.24, 2.45) is 62.1 Å². The first-order valence-electron chi connectivity index (χ1n) is 20.6. The lowest BCUT2D eigenvalue weighted by Crippen LogP contribution is -2.67. The van der Waals surface area contributed by atoms with Gasteiger partial charge in [0, 0.05) is 12.0 Å². The third-order valence-corrected chi connectivity index (χ3v) is 16.6. The summed E-state index contributed by atoms with van der Waals surface area (Å²) in [7, 11) is 1.57. The zero-order valence-corrected chi connectivity index (χ0v) is 34.9. The maximum absolute atomic E-state index is 12.9. The van der Waals surface area contributed by atoms with Crippen molar-refractivity contribution in [2.45, 2.75) is 164 Å². The second-order valence-corrected chi connectivity index (χ2v) is 20.2. The van der Waals surface area contributed by atoms with Gasteiger partial charge in [-0.3, -0.25) is 14.4 Å². The lowest BCUT2D eigenvalue weighted by Gasteiger charge is -2.72. The zero-order valence-electron chi connectivity index (χ0n) is 34.9. The zero-order chi connectivity index (χ0) is 41.7. The molecule has 5 fully saturated rings. The van der Waals surface area contributed by atoms with E-state index in [0.717, 1.165) is 69.8 Å². The molecule has 324 valence electrons. The number of hydrogen-bond acceptors (Lipinski definition) is 10. The first-order valence-corrected chi connectivity index (χ1v) is 20.6. The fourth-order valence-electron chi connectivity index (χ4n) is 13.2. The maximum Gasteiger partial charge on any atom is 0.309 e.